The second-order valence-corrected chi connectivity index (χ2v) is 3.03. The Morgan fingerprint density at radius 1 is 1.20 bits per heavy atom. The molecule has 7 heteroatoms. The molecule has 1 aromatic carbocycles. The highest BCUT2D eigenvalue weighted by molar-refractivity contribution is 7.80. The molecule has 0 atom stereocenters. The summed E-state index contributed by atoms with van der Waals surface area (Å²) in [5.41, 5.74) is -1.32. The van der Waals surface area contributed by atoms with Crippen molar-refractivity contribution in [3.8, 4) is 12.3 Å². The van der Waals surface area contributed by atoms with Crippen LogP contribution in [0.25, 0.3) is 0 Å². The minimum Gasteiger partial charge on any atom is -0.258 e. The standard InChI is InChI=1S/C8H4N2O4S/c1-2-6-7(9(11)12)3-5(15)4-8(6)10(13)14/h1,3-4,15H. The van der Waals surface area contributed by atoms with Gasteiger partial charge in [0, 0.05) is 17.0 Å². The average molecular weight is 224 g/mol. The minimum atomic E-state index is -0.776. The maximum Gasteiger partial charge on any atom is 0.293 e. The molecule has 1 rings (SSSR count). The highest BCUT2D eigenvalue weighted by Gasteiger charge is 2.24. The zero-order chi connectivity index (χ0) is 11.6. The molecule has 0 aromatic heterocycles. The first-order valence-corrected chi connectivity index (χ1v) is 4.04. The summed E-state index contributed by atoms with van der Waals surface area (Å²) in [6, 6.07) is 2.15. The molecule has 6 nitrogen and oxygen atoms in total. The molecule has 0 unspecified atom stereocenters. The first-order chi connectivity index (χ1) is 6.97. The normalized spacial score (nSPS) is 9.33. The van der Waals surface area contributed by atoms with Crippen LogP contribution in [-0.4, -0.2) is 9.85 Å². The van der Waals surface area contributed by atoms with Crippen LogP contribution in [0.15, 0.2) is 17.0 Å². The summed E-state index contributed by atoms with van der Waals surface area (Å²) in [4.78, 5) is 19.7. The molecule has 0 saturated heterocycles. The number of nitro groups is 2. The van der Waals surface area contributed by atoms with Gasteiger partial charge in [0.25, 0.3) is 11.4 Å². The molecule has 0 saturated carbocycles. The molecule has 0 amide bonds. The van der Waals surface area contributed by atoms with Crippen molar-refractivity contribution >= 4 is 24.0 Å². The molecule has 76 valence electrons. The van der Waals surface area contributed by atoms with Crippen molar-refractivity contribution in [2.24, 2.45) is 0 Å². The predicted molar refractivity (Wildman–Crippen MR) is 54.9 cm³/mol. The second-order valence-electron chi connectivity index (χ2n) is 2.52. The molecule has 0 N–H and O–H groups in total. The van der Waals surface area contributed by atoms with Crippen LogP contribution in [0.4, 0.5) is 11.4 Å². The fourth-order valence-electron chi connectivity index (χ4n) is 1.03. The Morgan fingerprint density at radius 2 is 1.60 bits per heavy atom. The summed E-state index contributed by atoms with van der Waals surface area (Å²) in [6.45, 7) is 0. The van der Waals surface area contributed by atoms with E-state index in [1.54, 1.807) is 0 Å². The molecule has 0 fully saturated rings. The SMILES string of the molecule is C#Cc1c([N+](=O)[O-])cc(S)cc1[N+](=O)[O-]. The van der Waals surface area contributed by atoms with E-state index < -0.39 is 21.2 Å². The molecule has 15 heavy (non-hydrogen) atoms. The Kier molecular flexibility index (Phi) is 2.92. The van der Waals surface area contributed by atoms with Gasteiger partial charge in [0.2, 0.25) is 0 Å². The van der Waals surface area contributed by atoms with Crippen molar-refractivity contribution in [2.45, 2.75) is 4.90 Å². The van der Waals surface area contributed by atoms with E-state index in [-0.39, 0.29) is 10.5 Å². The fraction of sp³-hybridized carbons (Fsp3) is 0. The summed E-state index contributed by atoms with van der Waals surface area (Å²) >= 11 is 3.82. The molecule has 0 aliphatic rings. The highest BCUT2D eigenvalue weighted by atomic mass is 32.1. The lowest BCUT2D eigenvalue weighted by Crippen LogP contribution is -1.98. The van der Waals surface area contributed by atoms with Gasteiger partial charge in [0.05, 0.1) is 9.85 Å². The number of benzene rings is 1. The third kappa shape index (κ3) is 2.05. The smallest absolute Gasteiger partial charge is 0.258 e. The Balaban J connectivity index is 3.62. The Bertz CT molecular complexity index is 457. The van der Waals surface area contributed by atoms with Crippen molar-refractivity contribution in [3.63, 3.8) is 0 Å². The zero-order valence-corrected chi connectivity index (χ0v) is 8.10. The number of nitrogens with zero attached hydrogens (tertiary/aromatic N) is 2. The summed E-state index contributed by atoms with van der Waals surface area (Å²) in [5, 5.41) is 21.1. The van der Waals surface area contributed by atoms with E-state index in [1.165, 1.54) is 0 Å². The largest absolute Gasteiger partial charge is 0.293 e. The molecule has 0 heterocycles. The number of terminal acetylenes is 1. The van der Waals surface area contributed by atoms with E-state index >= 15 is 0 Å². The molecule has 0 aliphatic carbocycles. The van der Waals surface area contributed by atoms with E-state index in [1.807, 2.05) is 5.92 Å². The number of nitro benzene ring substituents is 2. The van der Waals surface area contributed by atoms with Crippen molar-refractivity contribution < 1.29 is 9.85 Å². The van der Waals surface area contributed by atoms with Crippen LogP contribution in [0, 0.1) is 32.6 Å². The maximum atomic E-state index is 10.6. The first kappa shape index (κ1) is 11.0. The van der Waals surface area contributed by atoms with Crippen LogP contribution in [0.2, 0.25) is 0 Å². The average Bonchev–Trinajstić information content (AvgIpc) is 2.16. The van der Waals surface area contributed by atoms with Crippen LogP contribution in [0.1, 0.15) is 5.56 Å². The lowest BCUT2D eigenvalue weighted by molar-refractivity contribution is -0.394. The lowest BCUT2D eigenvalue weighted by Gasteiger charge is -1.99. The Hall–Kier alpha value is -2.07. The minimum absolute atomic E-state index is 0.118. The van der Waals surface area contributed by atoms with E-state index in [9.17, 15) is 20.2 Å². The van der Waals surface area contributed by atoms with Crippen LogP contribution in [-0.2, 0) is 0 Å². The topological polar surface area (TPSA) is 86.3 Å². The number of thiol groups is 1. The summed E-state index contributed by atoms with van der Waals surface area (Å²) in [6.07, 6.45) is 4.99. The number of hydrogen-bond donors (Lipinski definition) is 1. The zero-order valence-electron chi connectivity index (χ0n) is 7.21. The van der Waals surface area contributed by atoms with Gasteiger partial charge in [-0.05, 0) is 0 Å². The van der Waals surface area contributed by atoms with Gasteiger partial charge in [-0.1, -0.05) is 5.92 Å². The first-order valence-electron chi connectivity index (χ1n) is 3.59. The predicted octanol–water partition coefficient (Wildman–Crippen LogP) is 1.77. The van der Waals surface area contributed by atoms with E-state index in [0.717, 1.165) is 12.1 Å². The number of rotatable bonds is 2. The molecular weight excluding hydrogens is 220 g/mol. The van der Waals surface area contributed by atoms with Gasteiger partial charge in [-0.25, -0.2) is 0 Å². The van der Waals surface area contributed by atoms with E-state index in [2.05, 4.69) is 12.6 Å². The van der Waals surface area contributed by atoms with Crippen LogP contribution in [0.5, 0.6) is 0 Å². The van der Waals surface area contributed by atoms with Gasteiger partial charge < -0.3 is 0 Å². The monoisotopic (exact) mass is 224 g/mol. The summed E-state index contributed by atoms with van der Waals surface area (Å²) < 4.78 is 0. The molecule has 0 bridgehead atoms. The van der Waals surface area contributed by atoms with E-state index in [0.29, 0.717) is 0 Å². The van der Waals surface area contributed by atoms with Gasteiger partial charge >= 0.3 is 0 Å². The summed E-state index contributed by atoms with van der Waals surface area (Å²) in [7, 11) is 0. The van der Waals surface area contributed by atoms with Gasteiger partial charge in [0.15, 0.2) is 5.56 Å². The van der Waals surface area contributed by atoms with Crippen molar-refractivity contribution in [2.75, 3.05) is 0 Å². The van der Waals surface area contributed by atoms with Crippen LogP contribution in [0.3, 0.4) is 0 Å². The van der Waals surface area contributed by atoms with Gasteiger partial charge in [0.1, 0.15) is 0 Å². The summed E-state index contributed by atoms with van der Waals surface area (Å²) in [5.74, 6) is 1.94. The van der Waals surface area contributed by atoms with E-state index in [4.69, 9.17) is 6.42 Å². The highest BCUT2D eigenvalue weighted by Crippen LogP contribution is 2.30. The lowest BCUT2D eigenvalue weighted by atomic mass is 10.1. The Labute approximate surface area is 89.6 Å². The maximum absolute atomic E-state index is 10.6. The molecule has 0 aliphatic heterocycles. The quantitative estimate of drug-likeness (QED) is 0.359. The third-order valence-corrected chi connectivity index (χ3v) is 1.88. The molecular formula is C8H4N2O4S. The third-order valence-electron chi connectivity index (χ3n) is 1.62. The van der Waals surface area contributed by atoms with Gasteiger partial charge in [-0.3, -0.25) is 20.2 Å². The fourth-order valence-corrected chi connectivity index (χ4v) is 1.28. The Morgan fingerprint density at radius 3 is 1.87 bits per heavy atom. The molecule has 0 spiro atoms. The van der Waals surface area contributed by atoms with Gasteiger partial charge in [-0.15, -0.1) is 19.1 Å². The molecule has 1 aromatic rings. The van der Waals surface area contributed by atoms with Crippen molar-refractivity contribution in [3.05, 3.63) is 37.9 Å². The van der Waals surface area contributed by atoms with Crippen LogP contribution >= 0.6 is 12.6 Å². The number of hydrogen-bond acceptors (Lipinski definition) is 5. The van der Waals surface area contributed by atoms with Crippen molar-refractivity contribution in [1.82, 2.24) is 0 Å². The van der Waals surface area contributed by atoms with Crippen LogP contribution < -0.4 is 0 Å². The van der Waals surface area contributed by atoms with Gasteiger partial charge in [-0.2, -0.15) is 0 Å². The molecule has 0 radical (unpaired) electrons. The second kappa shape index (κ2) is 3.98. The van der Waals surface area contributed by atoms with Crippen molar-refractivity contribution in [1.29, 1.82) is 0 Å².